The smallest absolute Gasteiger partial charge is 0.138 e. The number of rotatable bonds is 5. The van der Waals surface area contributed by atoms with Crippen LogP contribution in [0.1, 0.15) is 12.5 Å². The topological polar surface area (TPSA) is 21.3 Å². The van der Waals surface area contributed by atoms with Crippen LogP contribution >= 0.6 is 11.6 Å². The normalized spacial score (nSPS) is 11.9. The van der Waals surface area contributed by atoms with Crippen LogP contribution in [0.2, 0.25) is 5.02 Å². The first-order valence-corrected chi connectivity index (χ1v) is 6.74. The Kier molecular flexibility index (Phi) is 4.69. The third-order valence-electron chi connectivity index (χ3n) is 2.78. The number of aryl methyl sites for hydroxylation is 1. The molecule has 0 fully saturated rings. The summed E-state index contributed by atoms with van der Waals surface area (Å²) in [6.45, 7) is 4.83. The molecule has 2 aromatic rings. The molecule has 3 heteroatoms. The van der Waals surface area contributed by atoms with Crippen molar-refractivity contribution in [2.24, 2.45) is 0 Å². The number of halogens is 1. The molecule has 19 heavy (non-hydrogen) atoms. The lowest BCUT2D eigenvalue weighted by Gasteiger charge is -2.17. The standard InChI is InChI=1S/C16H18ClNO/c1-12-6-5-7-14(10-12)18-11-13(2)19-16-9-4-3-8-15(16)17/h3-10,13,18H,11H2,1-2H3. The fraction of sp³-hybridized carbons (Fsp3) is 0.250. The molecule has 2 rings (SSSR count). The molecule has 1 atom stereocenters. The number of hydrogen-bond donors (Lipinski definition) is 1. The van der Waals surface area contributed by atoms with Gasteiger partial charge in [0.15, 0.2) is 0 Å². The van der Waals surface area contributed by atoms with Gasteiger partial charge in [-0.05, 0) is 43.7 Å². The largest absolute Gasteiger partial charge is 0.487 e. The second-order valence-corrected chi connectivity index (χ2v) is 5.02. The van der Waals surface area contributed by atoms with E-state index in [9.17, 15) is 0 Å². The molecule has 0 aliphatic rings. The summed E-state index contributed by atoms with van der Waals surface area (Å²) in [6, 6.07) is 15.8. The van der Waals surface area contributed by atoms with E-state index in [2.05, 4.69) is 30.4 Å². The van der Waals surface area contributed by atoms with Crippen LogP contribution in [0.15, 0.2) is 48.5 Å². The number of benzene rings is 2. The second-order valence-electron chi connectivity index (χ2n) is 4.61. The molecule has 0 amide bonds. The number of para-hydroxylation sites is 1. The minimum atomic E-state index is 0.0420. The third-order valence-corrected chi connectivity index (χ3v) is 3.09. The van der Waals surface area contributed by atoms with Gasteiger partial charge in [-0.15, -0.1) is 0 Å². The molecule has 0 radical (unpaired) electrons. The van der Waals surface area contributed by atoms with Gasteiger partial charge in [0.25, 0.3) is 0 Å². The van der Waals surface area contributed by atoms with Gasteiger partial charge in [-0.25, -0.2) is 0 Å². The van der Waals surface area contributed by atoms with Crippen LogP contribution in [-0.2, 0) is 0 Å². The van der Waals surface area contributed by atoms with Gasteiger partial charge in [0.2, 0.25) is 0 Å². The predicted molar refractivity (Wildman–Crippen MR) is 81.2 cm³/mol. The second kappa shape index (κ2) is 6.48. The Morgan fingerprint density at radius 3 is 2.68 bits per heavy atom. The van der Waals surface area contributed by atoms with Crippen molar-refractivity contribution in [3.05, 3.63) is 59.1 Å². The van der Waals surface area contributed by atoms with E-state index in [0.29, 0.717) is 5.02 Å². The molecule has 0 bridgehead atoms. The van der Waals surface area contributed by atoms with Gasteiger partial charge in [0, 0.05) is 5.69 Å². The van der Waals surface area contributed by atoms with E-state index in [1.807, 2.05) is 37.3 Å². The van der Waals surface area contributed by atoms with Gasteiger partial charge in [-0.3, -0.25) is 0 Å². The van der Waals surface area contributed by atoms with E-state index >= 15 is 0 Å². The van der Waals surface area contributed by atoms with Crippen molar-refractivity contribution in [2.75, 3.05) is 11.9 Å². The summed E-state index contributed by atoms with van der Waals surface area (Å²) in [4.78, 5) is 0. The van der Waals surface area contributed by atoms with E-state index in [1.165, 1.54) is 5.56 Å². The number of anilines is 1. The summed E-state index contributed by atoms with van der Waals surface area (Å²) >= 11 is 6.06. The van der Waals surface area contributed by atoms with Crippen LogP contribution in [0.3, 0.4) is 0 Å². The number of nitrogens with one attached hydrogen (secondary N) is 1. The van der Waals surface area contributed by atoms with Crippen LogP contribution in [0.25, 0.3) is 0 Å². The first-order valence-electron chi connectivity index (χ1n) is 6.37. The molecule has 0 heterocycles. The highest BCUT2D eigenvalue weighted by Crippen LogP contribution is 2.24. The third kappa shape index (κ3) is 4.18. The molecule has 100 valence electrons. The van der Waals surface area contributed by atoms with Crippen LogP contribution < -0.4 is 10.1 Å². The monoisotopic (exact) mass is 275 g/mol. The highest BCUT2D eigenvalue weighted by Gasteiger charge is 2.06. The molecule has 0 aliphatic carbocycles. The Balaban J connectivity index is 1.88. The first kappa shape index (κ1) is 13.8. The van der Waals surface area contributed by atoms with Crippen molar-refractivity contribution in [3.8, 4) is 5.75 Å². The summed E-state index contributed by atoms with van der Waals surface area (Å²) in [7, 11) is 0. The SMILES string of the molecule is Cc1cccc(NCC(C)Oc2ccccc2Cl)c1. The highest BCUT2D eigenvalue weighted by molar-refractivity contribution is 6.32. The molecule has 0 saturated heterocycles. The van der Waals surface area contributed by atoms with E-state index in [1.54, 1.807) is 0 Å². The summed E-state index contributed by atoms with van der Waals surface area (Å²) in [5.74, 6) is 0.725. The van der Waals surface area contributed by atoms with Crippen molar-refractivity contribution in [3.63, 3.8) is 0 Å². The predicted octanol–water partition coefficient (Wildman–Crippen LogP) is 4.53. The molecule has 0 aromatic heterocycles. The molecule has 1 N–H and O–H groups in total. The first-order chi connectivity index (χ1) is 9.15. The van der Waals surface area contributed by atoms with Crippen molar-refractivity contribution in [2.45, 2.75) is 20.0 Å². The zero-order valence-electron chi connectivity index (χ0n) is 11.2. The van der Waals surface area contributed by atoms with Crippen LogP contribution in [0.4, 0.5) is 5.69 Å². The Bertz CT molecular complexity index is 542. The molecule has 0 saturated carbocycles. The molecule has 0 spiro atoms. The van der Waals surface area contributed by atoms with Gasteiger partial charge in [-0.1, -0.05) is 35.9 Å². The fourth-order valence-corrected chi connectivity index (χ4v) is 2.00. The zero-order valence-corrected chi connectivity index (χ0v) is 11.9. The minimum Gasteiger partial charge on any atom is -0.487 e. The number of ether oxygens (including phenoxy) is 1. The molecule has 1 unspecified atom stereocenters. The lowest BCUT2D eigenvalue weighted by molar-refractivity contribution is 0.235. The average Bonchev–Trinajstić information content (AvgIpc) is 2.39. The highest BCUT2D eigenvalue weighted by atomic mass is 35.5. The maximum Gasteiger partial charge on any atom is 0.138 e. The van der Waals surface area contributed by atoms with Gasteiger partial charge < -0.3 is 10.1 Å². The maximum atomic E-state index is 6.06. The summed E-state index contributed by atoms with van der Waals surface area (Å²) in [6.07, 6.45) is 0.0420. The van der Waals surface area contributed by atoms with Gasteiger partial charge >= 0.3 is 0 Å². The lowest BCUT2D eigenvalue weighted by Crippen LogP contribution is -2.22. The average molecular weight is 276 g/mol. The van der Waals surface area contributed by atoms with Crippen LogP contribution in [0.5, 0.6) is 5.75 Å². The van der Waals surface area contributed by atoms with E-state index < -0.39 is 0 Å². The lowest BCUT2D eigenvalue weighted by atomic mass is 10.2. The Hall–Kier alpha value is -1.67. The van der Waals surface area contributed by atoms with Gasteiger partial charge in [0.1, 0.15) is 11.9 Å². The van der Waals surface area contributed by atoms with Crippen LogP contribution in [0, 0.1) is 6.92 Å². The Morgan fingerprint density at radius 2 is 1.95 bits per heavy atom. The van der Waals surface area contributed by atoms with Crippen molar-refractivity contribution in [1.29, 1.82) is 0 Å². The summed E-state index contributed by atoms with van der Waals surface area (Å²) < 4.78 is 5.80. The van der Waals surface area contributed by atoms with E-state index in [4.69, 9.17) is 16.3 Å². The molecule has 2 nitrogen and oxygen atoms in total. The molecule has 2 aromatic carbocycles. The molecule has 0 aliphatic heterocycles. The minimum absolute atomic E-state index is 0.0420. The van der Waals surface area contributed by atoms with E-state index in [0.717, 1.165) is 18.0 Å². The summed E-state index contributed by atoms with van der Waals surface area (Å²) in [5, 5.41) is 4.00. The van der Waals surface area contributed by atoms with Crippen LogP contribution in [-0.4, -0.2) is 12.6 Å². The fourth-order valence-electron chi connectivity index (χ4n) is 1.82. The van der Waals surface area contributed by atoms with E-state index in [-0.39, 0.29) is 6.10 Å². The van der Waals surface area contributed by atoms with Gasteiger partial charge in [-0.2, -0.15) is 0 Å². The Labute approximate surface area is 119 Å². The quantitative estimate of drug-likeness (QED) is 0.866. The van der Waals surface area contributed by atoms with Crippen molar-refractivity contribution >= 4 is 17.3 Å². The maximum absolute atomic E-state index is 6.06. The molecular formula is C16H18ClNO. The van der Waals surface area contributed by atoms with Gasteiger partial charge in [0.05, 0.1) is 11.6 Å². The zero-order chi connectivity index (χ0) is 13.7. The summed E-state index contributed by atoms with van der Waals surface area (Å²) in [5.41, 5.74) is 2.35. The van der Waals surface area contributed by atoms with Crippen molar-refractivity contribution < 1.29 is 4.74 Å². The van der Waals surface area contributed by atoms with Crippen molar-refractivity contribution in [1.82, 2.24) is 0 Å². The Morgan fingerprint density at radius 1 is 1.16 bits per heavy atom. The number of hydrogen-bond acceptors (Lipinski definition) is 2. The molecular weight excluding hydrogens is 258 g/mol.